The second-order valence-electron chi connectivity index (χ2n) is 4.63. The van der Waals surface area contributed by atoms with Gasteiger partial charge in [0.15, 0.2) is 11.5 Å². The smallest absolute Gasteiger partial charge is 0.504 e. The van der Waals surface area contributed by atoms with Gasteiger partial charge in [-0.3, -0.25) is 0 Å². The van der Waals surface area contributed by atoms with E-state index >= 15 is 0 Å². The lowest BCUT2D eigenvalue weighted by atomic mass is 9.96. The third kappa shape index (κ3) is 4.47. The molecule has 2 N–H and O–H groups in total. The number of aromatic hydroxyl groups is 1. The molecule has 19 heavy (non-hydrogen) atoms. The molecule has 0 unspecified atom stereocenters. The van der Waals surface area contributed by atoms with E-state index in [9.17, 15) is 9.90 Å². The zero-order valence-corrected chi connectivity index (χ0v) is 11.6. The Hall–Kier alpha value is -1.71. The Morgan fingerprint density at radius 1 is 1.16 bits per heavy atom. The zero-order valence-electron chi connectivity index (χ0n) is 11.6. The fraction of sp³-hybridized carbons (Fsp3) is 0.533. The van der Waals surface area contributed by atoms with Crippen LogP contribution < -0.4 is 4.74 Å². The van der Waals surface area contributed by atoms with Crippen LogP contribution in [0.4, 0.5) is 4.79 Å². The number of rotatable bonds is 7. The number of benzene rings is 1. The molecular formula is C15H22O4. The first-order valence-electron chi connectivity index (χ1n) is 6.84. The van der Waals surface area contributed by atoms with Crippen molar-refractivity contribution in [1.29, 1.82) is 0 Å². The molecule has 0 saturated heterocycles. The topological polar surface area (TPSA) is 66.8 Å². The molecule has 0 aliphatic carbocycles. The summed E-state index contributed by atoms with van der Waals surface area (Å²) in [4.78, 5) is 10.6. The number of hydrogen-bond acceptors (Lipinski definition) is 3. The van der Waals surface area contributed by atoms with Crippen molar-refractivity contribution in [2.24, 2.45) is 0 Å². The van der Waals surface area contributed by atoms with Crippen molar-refractivity contribution in [3.8, 4) is 11.5 Å². The van der Waals surface area contributed by atoms with Crippen LogP contribution in [-0.4, -0.2) is 16.4 Å². The van der Waals surface area contributed by atoms with Crippen LogP contribution in [0.3, 0.4) is 0 Å². The number of carbonyl (C=O) groups is 1. The van der Waals surface area contributed by atoms with Gasteiger partial charge in [0.25, 0.3) is 0 Å². The molecular weight excluding hydrogens is 244 g/mol. The lowest BCUT2D eigenvalue weighted by Crippen LogP contribution is -2.05. The number of ether oxygens (including phenoxy) is 1. The minimum Gasteiger partial charge on any atom is -0.504 e. The predicted molar refractivity (Wildman–Crippen MR) is 74.0 cm³/mol. The molecule has 0 spiro atoms. The number of phenolic OH excluding ortho intramolecular Hbond substituents is 1. The lowest BCUT2D eigenvalue weighted by Gasteiger charge is -2.13. The van der Waals surface area contributed by atoms with E-state index in [0.29, 0.717) is 0 Å². The molecule has 106 valence electrons. The maximum Gasteiger partial charge on any atom is 0.511 e. The monoisotopic (exact) mass is 266 g/mol. The standard InChI is InChI=1S/C15H22O4/c1-3-5-7-11-9-10-13(19-15(17)18)14(16)12(11)8-6-4-2/h9-10,16H,3-8H2,1-2H3,(H,17,18). The summed E-state index contributed by atoms with van der Waals surface area (Å²) < 4.78 is 4.59. The summed E-state index contributed by atoms with van der Waals surface area (Å²) in [6, 6.07) is 3.39. The average Bonchev–Trinajstić information content (AvgIpc) is 2.37. The molecule has 0 radical (unpaired) electrons. The molecule has 1 rings (SSSR count). The first-order chi connectivity index (χ1) is 9.10. The Labute approximate surface area is 114 Å². The summed E-state index contributed by atoms with van der Waals surface area (Å²) in [6.45, 7) is 4.20. The number of unbranched alkanes of at least 4 members (excludes halogenated alkanes) is 2. The molecule has 0 aliphatic rings. The van der Waals surface area contributed by atoms with Crippen molar-refractivity contribution in [3.63, 3.8) is 0 Å². The lowest BCUT2D eigenvalue weighted by molar-refractivity contribution is 0.142. The summed E-state index contributed by atoms with van der Waals surface area (Å²) in [7, 11) is 0. The van der Waals surface area contributed by atoms with E-state index < -0.39 is 6.16 Å². The SMILES string of the molecule is CCCCc1ccc(OC(=O)O)c(O)c1CCCC. The molecule has 4 nitrogen and oxygen atoms in total. The van der Waals surface area contributed by atoms with Gasteiger partial charge in [0.05, 0.1) is 0 Å². The van der Waals surface area contributed by atoms with Gasteiger partial charge in [-0.05, 0) is 37.3 Å². The van der Waals surface area contributed by atoms with Crippen LogP contribution in [-0.2, 0) is 12.8 Å². The summed E-state index contributed by atoms with van der Waals surface area (Å²) >= 11 is 0. The Bertz CT molecular complexity index is 426. The van der Waals surface area contributed by atoms with Gasteiger partial charge >= 0.3 is 6.16 Å². The van der Waals surface area contributed by atoms with Gasteiger partial charge < -0.3 is 14.9 Å². The van der Waals surface area contributed by atoms with Gasteiger partial charge in [0.2, 0.25) is 0 Å². The molecule has 1 aromatic rings. The highest BCUT2D eigenvalue weighted by atomic mass is 16.7. The van der Waals surface area contributed by atoms with Crippen molar-refractivity contribution in [2.75, 3.05) is 0 Å². The molecule has 0 aromatic heterocycles. The Kier molecular flexibility index (Phi) is 6.19. The molecule has 0 heterocycles. The largest absolute Gasteiger partial charge is 0.511 e. The number of aryl methyl sites for hydroxylation is 1. The molecule has 0 atom stereocenters. The van der Waals surface area contributed by atoms with E-state index in [-0.39, 0.29) is 11.5 Å². The third-order valence-electron chi connectivity index (χ3n) is 3.12. The van der Waals surface area contributed by atoms with Gasteiger partial charge in [-0.15, -0.1) is 0 Å². The number of carboxylic acid groups (broad SMARTS) is 1. The molecule has 0 fully saturated rings. The van der Waals surface area contributed by atoms with Crippen molar-refractivity contribution in [3.05, 3.63) is 23.3 Å². The van der Waals surface area contributed by atoms with Crippen molar-refractivity contribution in [2.45, 2.75) is 52.4 Å². The maximum atomic E-state index is 10.6. The first-order valence-corrected chi connectivity index (χ1v) is 6.84. The van der Waals surface area contributed by atoms with Gasteiger partial charge in [-0.2, -0.15) is 0 Å². The minimum absolute atomic E-state index is 0.0237. The fourth-order valence-corrected chi connectivity index (χ4v) is 2.07. The van der Waals surface area contributed by atoms with Crippen LogP contribution in [0.2, 0.25) is 0 Å². The third-order valence-corrected chi connectivity index (χ3v) is 3.12. The van der Waals surface area contributed by atoms with Crippen LogP contribution >= 0.6 is 0 Å². The van der Waals surface area contributed by atoms with E-state index in [1.54, 1.807) is 0 Å². The second-order valence-corrected chi connectivity index (χ2v) is 4.63. The Morgan fingerprint density at radius 2 is 1.79 bits per heavy atom. The Balaban J connectivity index is 3.04. The predicted octanol–water partition coefficient (Wildman–Crippen LogP) is 4.13. The van der Waals surface area contributed by atoms with Crippen LogP contribution in [0.1, 0.15) is 50.7 Å². The molecule has 0 saturated carbocycles. The molecule has 4 heteroatoms. The summed E-state index contributed by atoms with van der Waals surface area (Å²) in [6.07, 6.45) is 4.37. The summed E-state index contributed by atoms with van der Waals surface area (Å²) in [5.74, 6) is 0.00306. The fourth-order valence-electron chi connectivity index (χ4n) is 2.07. The summed E-state index contributed by atoms with van der Waals surface area (Å²) in [5, 5.41) is 18.8. The highest BCUT2D eigenvalue weighted by Crippen LogP contribution is 2.34. The first kappa shape index (κ1) is 15.3. The van der Waals surface area contributed by atoms with E-state index in [1.165, 1.54) is 6.07 Å². The van der Waals surface area contributed by atoms with Crippen molar-refractivity contribution >= 4 is 6.16 Å². The number of hydrogen-bond donors (Lipinski definition) is 2. The second kappa shape index (κ2) is 7.67. The normalized spacial score (nSPS) is 10.4. The molecule has 0 amide bonds. The average molecular weight is 266 g/mol. The van der Waals surface area contributed by atoms with Crippen molar-refractivity contribution in [1.82, 2.24) is 0 Å². The van der Waals surface area contributed by atoms with Crippen LogP contribution in [0.5, 0.6) is 11.5 Å². The van der Waals surface area contributed by atoms with Crippen LogP contribution in [0, 0.1) is 0 Å². The van der Waals surface area contributed by atoms with Gasteiger partial charge in [-0.1, -0.05) is 32.8 Å². The summed E-state index contributed by atoms with van der Waals surface area (Å²) in [5.41, 5.74) is 1.92. The number of phenols is 1. The Morgan fingerprint density at radius 3 is 2.37 bits per heavy atom. The highest BCUT2D eigenvalue weighted by Gasteiger charge is 2.15. The minimum atomic E-state index is -1.40. The maximum absolute atomic E-state index is 10.6. The van der Waals surface area contributed by atoms with Gasteiger partial charge in [0, 0.05) is 5.56 Å². The highest BCUT2D eigenvalue weighted by molar-refractivity contribution is 5.64. The van der Waals surface area contributed by atoms with Gasteiger partial charge in [-0.25, -0.2) is 4.79 Å². The quantitative estimate of drug-likeness (QED) is 0.575. The van der Waals surface area contributed by atoms with E-state index in [1.807, 2.05) is 6.07 Å². The molecule has 0 bridgehead atoms. The molecule has 0 aliphatic heterocycles. The van der Waals surface area contributed by atoms with Crippen molar-refractivity contribution < 1.29 is 19.7 Å². The van der Waals surface area contributed by atoms with E-state index in [2.05, 4.69) is 18.6 Å². The zero-order chi connectivity index (χ0) is 14.3. The van der Waals surface area contributed by atoms with Crippen LogP contribution in [0.25, 0.3) is 0 Å². The van der Waals surface area contributed by atoms with Gasteiger partial charge in [0.1, 0.15) is 0 Å². The van der Waals surface area contributed by atoms with E-state index in [4.69, 9.17) is 5.11 Å². The van der Waals surface area contributed by atoms with E-state index in [0.717, 1.165) is 49.7 Å². The van der Waals surface area contributed by atoms with Crippen LogP contribution in [0.15, 0.2) is 12.1 Å². The molecule has 1 aromatic carbocycles.